The van der Waals surface area contributed by atoms with Gasteiger partial charge >= 0.3 is 6.09 Å². The fourth-order valence-corrected chi connectivity index (χ4v) is 8.29. The molecule has 0 fully saturated rings. The van der Waals surface area contributed by atoms with Gasteiger partial charge in [0.05, 0.1) is 33.0 Å². The fraction of sp³-hybridized carbons (Fsp3) is 0.353. The van der Waals surface area contributed by atoms with Crippen LogP contribution in [0, 0.1) is 47.9 Å². The van der Waals surface area contributed by atoms with Crippen molar-refractivity contribution in [3.05, 3.63) is 150 Å². The van der Waals surface area contributed by atoms with E-state index in [1.54, 1.807) is 29.2 Å². The molecule has 2 aliphatic heterocycles. The molecular formula is C51H58N10O6. The van der Waals surface area contributed by atoms with Gasteiger partial charge in [0, 0.05) is 54.7 Å². The summed E-state index contributed by atoms with van der Waals surface area (Å²) in [4.78, 5) is 54.5. The number of amides is 1. The number of ether oxygens (including phenoxy) is 1. The summed E-state index contributed by atoms with van der Waals surface area (Å²) in [5.41, 5.74) is 9.38. The minimum absolute atomic E-state index is 0.0688. The maximum absolute atomic E-state index is 12.4. The zero-order valence-electron chi connectivity index (χ0n) is 39.6. The van der Waals surface area contributed by atoms with Gasteiger partial charge < -0.3 is 25.6 Å². The van der Waals surface area contributed by atoms with E-state index in [0.29, 0.717) is 37.0 Å². The first-order valence-corrected chi connectivity index (χ1v) is 22.5. The predicted octanol–water partition coefficient (Wildman–Crippen LogP) is 11.1. The molecule has 3 N–H and O–H groups in total. The molecule has 0 aliphatic carbocycles. The van der Waals surface area contributed by atoms with E-state index in [0.717, 1.165) is 80.5 Å². The number of nitro benzene ring substituents is 2. The molecule has 0 unspecified atom stereocenters. The molecule has 0 saturated heterocycles. The van der Waals surface area contributed by atoms with E-state index < -0.39 is 5.60 Å². The minimum Gasteiger partial charge on any atom is -0.444 e. The molecule has 8 rings (SSSR count). The monoisotopic (exact) mass is 906 g/mol. The Morgan fingerprint density at radius 1 is 0.701 bits per heavy atom. The Hall–Kier alpha value is -7.33. The van der Waals surface area contributed by atoms with Crippen LogP contribution in [0.25, 0.3) is 33.0 Å². The number of hydrogen-bond donors (Lipinski definition) is 3. The lowest BCUT2D eigenvalue weighted by Gasteiger charge is -2.29. The lowest BCUT2D eigenvalue weighted by atomic mass is 9.98. The SMILES string of the molecule is Cc1cc([C@@H](C)Nc2nc(C)nc3ccc(C4=CCN(C(=O)OC(C)(C)C)CC4)cc23)cc([N+](=O)[O-])c1.Cc1cc([C@@H](C)Nc2nc(C)nc3ccc(C4=CCNCC4)cc23)cc([N+](=O)[O-])c1. The summed E-state index contributed by atoms with van der Waals surface area (Å²) >= 11 is 0. The molecule has 1 amide bonds. The fourth-order valence-electron chi connectivity index (χ4n) is 8.29. The second-order valence-corrected chi connectivity index (χ2v) is 18.2. The molecule has 0 radical (unpaired) electrons. The zero-order valence-corrected chi connectivity index (χ0v) is 39.6. The number of carbonyl (C=O) groups is 1. The van der Waals surface area contributed by atoms with Crippen LogP contribution in [-0.4, -0.2) is 72.6 Å². The quantitative estimate of drug-likeness (QED) is 0.0866. The molecule has 2 atom stereocenters. The van der Waals surface area contributed by atoms with E-state index in [2.05, 4.69) is 66.2 Å². The second-order valence-electron chi connectivity index (χ2n) is 18.2. The summed E-state index contributed by atoms with van der Waals surface area (Å²) in [5, 5.41) is 34.7. The second kappa shape index (κ2) is 20.0. The molecule has 2 aliphatic rings. The van der Waals surface area contributed by atoms with Crippen molar-refractivity contribution in [3.8, 4) is 0 Å². The number of carbonyl (C=O) groups excluding carboxylic acids is 1. The first kappa shape index (κ1) is 47.6. The molecule has 16 heteroatoms. The number of aryl methyl sites for hydroxylation is 4. The van der Waals surface area contributed by atoms with Crippen molar-refractivity contribution >= 4 is 62.1 Å². The first-order chi connectivity index (χ1) is 31.8. The zero-order chi connectivity index (χ0) is 48.2. The van der Waals surface area contributed by atoms with Crippen molar-refractivity contribution in [1.82, 2.24) is 30.2 Å². The normalized spacial score (nSPS) is 14.9. The minimum atomic E-state index is -0.526. The van der Waals surface area contributed by atoms with Gasteiger partial charge in [-0.05, 0) is 150 Å². The van der Waals surface area contributed by atoms with Crippen LogP contribution in [0.1, 0.15) is 105 Å². The molecule has 2 aromatic heterocycles. The highest BCUT2D eigenvalue weighted by Gasteiger charge is 2.25. The molecular weight excluding hydrogens is 849 g/mol. The number of benzene rings is 4. The smallest absolute Gasteiger partial charge is 0.410 e. The van der Waals surface area contributed by atoms with E-state index in [-0.39, 0.29) is 39.4 Å². The first-order valence-electron chi connectivity index (χ1n) is 22.5. The Morgan fingerprint density at radius 2 is 1.19 bits per heavy atom. The molecule has 0 spiro atoms. The van der Waals surface area contributed by atoms with Gasteiger partial charge in [0.25, 0.3) is 11.4 Å². The maximum Gasteiger partial charge on any atom is 0.410 e. The molecule has 16 nitrogen and oxygen atoms in total. The molecule has 67 heavy (non-hydrogen) atoms. The number of non-ortho nitro benzene ring substituents is 2. The number of anilines is 2. The Bertz CT molecular complexity index is 2940. The van der Waals surface area contributed by atoms with Crippen molar-refractivity contribution in [2.75, 3.05) is 36.8 Å². The average molecular weight is 907 g/mol. The van der Waals surface area contributed by atoms with Gasteiger partial charge in [-0.1, -0.05) is 36.4 Å². The molecule has 348 valence electrons. The molecule has 0 saturated carbocycles. The van der Waals surface area contributed by atoms with Gasteiger partial charge in [0.1, 0.15) is 28.9 Å². The van der Waals surface area contributed by atoms with Crippen molar-refractivity contribution in [1.29, 1.82) is 0 Å². The Balaban J connectivity index is 0.000000203. The number of fused-ring (bicyclic) bond motifs is 2. The molecule has 6 aromatic rings. The van der Waals surface area contributed by atoms with Gasteiger partial charge in [-0.2, -0.15) is 0 Å². The number of hydrogen-bond acceptors (Lipinski definition) is 13. The topological polar surface area (TPSA) is 203 Å². The number of nitro groups is 2. The number of rotatable bonds is 10. The van der Waals surface area contributed by atoms with E-state index in [9.17, 15) is 25.0 Å². The van der Waals surface area contributed by atoms with Crippen LogP contribution < -0.4 is 16.0 Å². The third-order valence-electron chi connectivity index (χ3n) is 11.6. The van der Waals surface area contributed by atoms with Crippen LogP contribution in [0.15, 0.2) is 84.9 Å². The van der Waals surface area contributed by atoms with Crippen LogP contribution in [0.3, 0.4) is 0 Å². The van der Waals surface area contributed by atoms with Crippen molar-refractivity contribution in [2.45, 2.75) is 92.8 Å². The van der Waals surface area contributed by atoms with Crippen LogP contribution in [0.4, 0.5) is 27.8 Å². The van der Waals surface area contributed by atoms with Gasteiger partial charge in [0.2, 0.25) is 0 Å². The van der Waals surface area contributed by atoms with Gasteiger partial charge in [-0.25, -0.2) is 24.7 Å². The highest BCUT2D eigenvalue weighted by molar-refractivity contribution is 5.93. The van der Waals surface area contributed by atoms with Crippen molar-refractivity contribution in [3.63, 3.8) is 0 Å². The highest BCUT2D eigenvalue weighted by atomic mass is 16.6. The lowest BCUT2D eigenvalue weighted by Crippen LogP contribution is -2.39. The van der Waals surface area contributed by atoms with Crippen LogP contribution in [0.5, 0.6) is 0 Å². The third-order valence-corrected chi connectivity index (χ3v) is 11.6. The third kappa shape index (κ3) is 11.9. The Morgan fingerprint density at radius 3 is 1.61 bits per heavy atom. The highest BCUT2D eigenvalue weighted by Crippen LogP contribution is 2.33. The van der Waals surface area contributed by atoms with E-state index in [4.69, 9.17) is 4.74 Å². The van der Waals surface area contributed by atoms with E-state index in [1.807, 2.05) is 92.6 Å². The largest absolute Gasteiger partial charge is 0.444 e. The van der Waals surface area contributed by atoms with Crippen LogP contribution in [0.2, 0.25) is 0 Å². The summed E-state index contributed by atoms with van der Waals surface area (Å²) in [5.74, 6) is 2.73. The van der Waals surface area contributed by atoms with E-state index >= 15 is 0 Å². The maximum atomic E-state index is 12.4. The van der Waals surface area contributed by atoms with Gasteiger partial charge in [0.15, 0.2) is 0 Å². The Labute approximate surface area is 390 Å². The summed E-state index contributed by atoms with van der Waals surface area (Å²) < 4.78 is 5.50. The molecule has 0 bridgehead atoms. The van der Waals surface area contributed by atoms with Crippen LogP contribution >= 0.6 is 0 Å². The van der Waals surface area contributed by atoms with Crippen LogP contribution in [-0.2, 0) is 4.74 Å². The molecule has 4 heterocycles. The number of aromatic nitrogens is 4. The summed E-state index contributed by atoms with van der Waals surface area (Å²) in [6.07, 6.45) is 5.68. The summed E-state index contributed by atoms with van der Waals surface area (Å²) in [7, 11) is 0. The molecule has 4 aromatic carbocycles. The summed E-state index contributed by atoms with van der Waals surface area (Å²) in [6, 6.07) is 22.3. The van der Waals surface area contributed by atoms with Gasteiger partial charge in [-0.3, -0.25) is 20.2 Å². The number of nitrogens with zero attached hydrogens (tertiary/aromatic N) is 7. The van der Waals surface area contributed by atoms with Gasteiger partial charge in [-0.15, -0.1) is 0 Å². The standard InChI is InChI=1S/C28H33N5O4.C23H25N5O2/c1-17-13-22(15-23(14-17)33(35)36)18(2)29-26-24-16-21(7-8-25(24)30-19(3)31-26)20-9-11-32(12-10-20)27(34)37-28(4,5)6;1-14-10-19(12-20(11-14)28(29)30)15(2)25-23-21-13-18(17-6-8-24-9-7-17)4-5-22(21)26-16(3)27-23/h7-9,13-16,18H,10-12H2,1-6H3,(H,29,30,31);4-6,10-13,15,24H,7-9H2,1-3H3,(H,25,26,27)/t18-;15-/m11/s1. The van der Waals surface area contributed by atoms with Crippen molar-refractivity contribution < 1.29 is 19.4 Å². The van der Waals surface area contributed by atoms with E-state index in [1.165, 1.54) is 11.1 Å². The lowest BCUT2D eigenvalue weighted by molar-refractivity contribution is -0.385. The predicted molar refractivity (Wildman–Crippen MR) is 264 cm³/mol. The average Bonchev–Trinajstić information content (AvgIpc) is 3.28. The van der Waals surface area contributed by atoms with Crippen molar-refractivity contribution in [2.24, 2.45) is 0 Å². The Kier molecular flexibility index (Phi) is 14.2. The number of nitrogens with one attached hydrogen (secondary N) is 3. The summed E-state index contributed by atoms with van der Waals surface area (Å²) in [6.45, 7) is 19.9.